The smallest absolute Gasteiger partial charge is 0.257 e. The molecule has 1 saturated carbocycles. The van der Waals surface area contributed by atoms with Crippen molar-refractivity contribution < 1.29 is 9.18 Å². The highest BCUT2D eigenvalue weighted by atomic mass is 79.9. The molecule has 0 unspecified atom stereocenters. The summed E-state index contributed by atoms with van der Waals surface area (Å²) in [5.41, 5.74) is 0.917. The Morgan fingerprint density at radius 3 is 2.81 bits per heavy atom. The molecule has 0 saturated heterocycles. The second kappa shape index (κ2) is 5.93. The number of hydrogen-bond acceptors (Lipinski definition) is 2. The summed E-state index contributed by atoms with van der Waals surface area (Å²) in [5, 5.41) is 0. The summed E-state index contributed by atoms with van der Waals surface area (Å²) in [6.45, 7) is 0.413. The lowest BCUT2D eigenvalue weighted by Gasteiger charge is -2.22. The molecule has 0 aliphatic heterocycles. The monoisotopic (exact) mass is 348 g/mol. The van der Waals surface area contributed by atoms with Crippen molar-refractivity contribution in [2.45, 2.75) is 25.4 Å². The minimum Gasteiger partial charge on any atom is -0.330 e. The maximum absolute atomic E-state index is 13.9. The van der Waals surface area contributed by atoms with Gasteiger partial charge in [0.15, 0.2) is 0 Å². The average molecular weight is 349 g/mol. The molecule has 0 bridgehead atoms. The first-order chi connectivity index (χ1) is 10.1. The van der Waals surface area contributed by atoms with Crippen molar-refractivity contribution >= 4 is 21.8 Å². The number of aromatic nitrogens is 1. The first-order valence-electron chi connectivity index (χ1n) is 6.81. The Labute approximate surface area is 130 Å². The zero-order valence-electron chi connectivity index (χ0n) is 11.3. The number of nitrogens with zero attached hydrogens (tertiary/aromatic N) is 2. The van der Waals surface area contributed by atoms with Gasteiger partial charge in [0.25, 0.3) is 5.91 Å². The van der Waals surface area contributed by atoms with E-state index in [0.29, 0.717) is 11.0 Å². The van der Waals surface area contributed by atoms with Crippen LogP contribution in [0.25, 0.3) is 0 Å². The molecule has 2 aromatic rings. The van der Waals surface area contributed by atoms with Crippen molar-refractivity contribution in [2.75, 3.05) is 0 Å². The van der Waals surface area contributed by atoms with Crippen LogP contribution in [0.15, 0.2) is 47.1 Å². The third-order valence-corrected chi connectivity index (χ3v) is 3.96. The zero-order valence-corrected chi connectivity index (χ0v) is 12.9. The molecule has 108 valence electrons. The third-order valence-electron chi connectivity index (χ3n) is 3.47. The van der Waals surface area contributed by atoms with E-state index in [1.807, 2.05) is 18.2 Å². The molecule has 0 spiro atoms. The maximum Gasteiger partial charge on any atom is 0.257 e. The molecule has 3 nitrogen and oxygen atoms in total. The normalized spacial score (nSPS) is 14.0. The number of pyridine rings is 1. The van der Waals surface area contributed by atoms with E-state index in [4.69, 9.17) is 0 Å². The molecule has 5 heteroatoms. The van der Waals surface area contributed by atoms with Gasteiger partial charge in [-0.1, -0.05) is 22.0 Å². The molecule has 1 aromatic heterocycles. The molecule has 0 N–H and O–H groups in total. The van der Waals surface area contributed by atoms with Crippen LogP contribution in [-0.4, -0.2) is 21.8 Å². The van der Waals surface area contributed by atoms with Gasteiger partial charge in [-0.3, -0.25) is 9.78 Å². The van der Waals surface area contributed by atoms with Gasteiger partial charge in [-0.2, -0.15) is 0 Å². The number of amides is 1. The van der Waals surface area contributed by atoms with Gasteiger partial charge in [0.1, 0.15) is 5.82 Å². The van der Waals surface area contributed by atoms with Gasteiger partial charge < -0.3 is 4.90 Å². The Balaban J connectivity index is 1.87. The van der Waals surface area contributed by atoms with Gasteiger partial charge in [-0.15, -0.1) is 0 Å². The van der Waals surface area contributed by atoms with Gasteiger partial charge in [-0.05, 0) is 43.2 Å². The fraction of sp³-hybridized carbons (Fsp3) is 0.250. The zero-order chi connectivity index (χ0) is 14.8. The van der Waals surface area contributed by atoms with Gasteiger partial charge in [0, 0.05) is 16.7 Å². The number of benzene rings is 1. The minimum atomic E-state index is -0.491. The molecule has 1 fully saturated rings. The Morgan fingerprint density at radius 1 is 1.33 bits per heavy atom. The van der Waals surface area contributed by atoms with Crippen molar-refractivity contribution in [3.8, 4) is 0 Å². The molecule has 1 aromatic carbocycles. The summed E-state index contributed by atoms with van der Waals surface area (Å²) >= 11 is 3.28. The highest BCUT2D eigenvalue weighted by molar-refractivity contribution is 9.10. The van der Waals surface area contributed by atoms with Gasteiger partial charge in [0.2, 0.25) is 0 Å². The molecule has 1 amide bonds. The Bertz CT molecular complexity index is 659. The third kappa shape index (κ3) is 3.29. The van der Waals surface area contributed by atoms with Crippen molar-refractivity contribution in [3.63, 3.8) is 0 Å². The van der Waals surface area contributed by atoms with E-state index in [-0.39, 0.29) is 17.5 Å². The van der Waals surface area contributed by atoms with Gasteiger partial charge >= 0.3 is 0 Å². The summed E-state index contributed by atoms with van der Waals surface area (Å²) < 4.78 is 14.6. The highest BCUT2D eigenvalue weighted by Gasteiger charge is 2.34. The lowest BCUT2D eigenvalue weighted by Crippen LogP contribution is -2.33. The van der Waals surface area contributed by atoms with E-state index in [1.54, 1.807) is 17.2 Å². The molecule has 1 aliphatic carbocycles. The largest absolute Gasteiger partial charge is 0.330 e. The van der Waals surface area contributed by atoms with Gasteiger partial charge in [0.05, 0.1) is 17.8 Å². The van der Waals surface area contributed by atoms with E-state index in [1.165, 1.54) is 12.1 Å². The lowest BCUT2D eigenvalue weighted by molar-refractivity contribution is 0.0723. The first-order valence-corrected chi connectivity index (χ1v) is 7.60. The van der Waals surface area contributed by atoms with E-state index < -0.39 is 5.82 Å². The fourth-order valence-electron chi connectivity index (χ4n) is 2.24. The average Bonchev–Trinajstić information content (AvgIpc) is 3.32. The van der Waals surface area contributed by atoms with Crippen LogP contribution in [0.3, 0.4) is 0 Å². The number of carbonyl (C=O) groups is 1. The predicted octanol–water partition coefficient (Wildman–Crippen LogP) is 3.79. The molecular weight excluding hydrogens is 335 g/mol. The molecule has 0 atom stereocenters. The first kappa shape index (κ1) is 14.2. The van der Waals surface area contributed by atoms with Crippen LogP contribution in [0.5, 0.6) is 0 Å². The SMILES string of the molecule is O=C(c1cc(Br)ccc1F)N(Cc1ccccn1)C1CC1. The second-order valence-electron chi connectivity index (χ2n) is 5.11. The van der Waals surface area contributed by atoms with E-state index in [2.05, 4.69) is 20.9 Å². The van der Waals surface area contributed by atoms with Crippen LogP contribution >= 0.6 is 15.9 Å². The number of rotatable bonds is 4. The van der Waals surface area contributed by atoms with Crippen LogP contribution in [0.2, 0.25) is 0 Å². The van der Waals surface area contributed by atoms with Crippen molar-refractivity contribution in [3.05, 3.63) is 64.1 Å². The van der Waals surface area contributed by atoms with Crippen LogP contribution in [-0.2, 0) is 6.54 Å². The predicted molar refractivity (Wildman–Crippen MR) is 81.2 cm³/mol. The Kier molecular flexibility index (Phi) is 4.01. The Morgan fingerprint density at radius 2 is 2.14 bits per heavy atom. The van der Waals surface area contributed by atoms with Crippen LogP contribution < -0.4 is 0 Å². The van der Waals surface area contributed by atoms with Crippen molar-refractivity contribution in [1.82, 2.24) is 9.88 Å². The standard InChI is InChI=1S/C16H14BrFN2O/c17-11-4-7-15(18)14(9-11)16(21)20(13-5-6-13)10-12-3-1-2-8-19-12/h1-4,7-9,13H,5-6,10H2. The van der Waals surface area contributed by atoms with E-state index in [9.17, 15) is 9.18 Å². The summed E-state index contributed by atoms with van der Waals surface area (Å²) in [7, 11) is 0. The van der Waals surface area contributed by atoms with E-state index >= 15 is 0 Å². The Hall–Kier alpha value is -1.75. The lowest BCUT2D eigenvalue weighted by atomic mass is 10.1. The molecule has 1 heterocycles. The minimum absolute atomic E-state index is 0.104. The quantitative estimate of drug-likeness (QED) is 0.842. The molecular formula is C16H14BrFN2O. The fourth-order valence-corrected chi connectivity index (χ4v) is 2.60. The molecule has 3 rings (SSSR count). The summed E-state index contributed by atoms with van der Waals surface area (Å²) in [6, 6.07) is 10.2. The van der Waals surface area contributed by atoms with Crippen LogP contribution in [0, 0.1) is 5.82 Å². The van der Waals surface area contributed by atoms with E-state index in [0.717, 1.165) is 18.5 Å². The van der Waals surface area contributed by atoms with Gasteiger partial charge in [-0.25, -0.2) is 4.39 Å². The summed E-state index contributed by atoms with van der Waals surface area (Å²) in [4.78, 5) is 18.6. The number of hydrogen-bond donors (Lipinski definition) is 0. The summed E-state index contributed by atoms with van der Waals surface area (Å²) in [5.74, 6) is -0.767. The van der Waals surface area contributed by atoms with Crippen molar-refractivity contribution in [1.29, 1.82) is 0 Å². The molecule has 0 radical (unpaired) electrons. The maximum atomic E-state index is 13.9. The van der Waals surface area contributed by atoms with Crippen molar-refractivity contribution in [2.24, 2.45) is 0 Å². The number of carbonyl (C=O) groups excluding carboxylic acids is 1. The van der Waals surface area contributed by atoms with Crippen LogP contribution in [0.4, 0.5) is 4.39 Å². The van der Waals surface area contributed by atoms with Crippen LogP contribution in [0.1, 0.15) is 28.9 Å². The molecule has 1 aliphatic rings. The summed E-state index contributed by atoms with van der Waals surface area (Å²) in [6.07, 6.45) is 3.63. The highest BCUT2D eigenvalue weighted by Crippen LogP contribution is 2.30. The second-order valence-corrected chi connectivity index (χ2v) is 6.03. The molecule has 21 heavy (non-hydrogen) atoms. The topological polar surface area (TPSA) is 33.2 Å². The number of halogens is 2.